The van der Waals surface area contributed by atoms with Gasteiger partial charge in [-0.3, -0.25) is 4.79 Å². The Balaban J connectivity index is 2.63. The molecule has 2 unspecified atom stereocenters. The largest absolute Gasteiger partial charge is 0.348 e. The lowest BCUT2D eigenvalue weighted by molar-refractivity contribution is -0.121. The number of amides is 1. The summed E-state index contributed by atoms with van der Waals surface area (Å²) in [6.07, 6.45) is 1.90. The molecule has 0 aromatic carbocycles. The summed E-state index contributed by atoms with van der Waals surface area (Å²) in [5.74, 6) is -0.413. The van der Waals surface area contributed by atoms with E-state index in [2.05, 4.69) is 10.6 Å². The van der Waals surface area contributed by atoms with Crippen molar-refractivity contribution in [3.05, 3.63) is 0 Å². The van der Waals surface area contributed by atoms with Crippen LogP contribution in [-0.4, -0.2) is 44.5 Å². The number of carbonyl (C=O) groups excluding carboxylic acids is 1. The average molecular weight is 234 g/mol. The highest BCUT2D eigenvalue weighted by molar-refractivity contribution is 7.92. The predicted molar refractivity (Wildman–Crippen MR) is 58.3 cm³/mol. The van der Waals surface area contributed by atoms with Crippen molar-refractivity contribution < 1.29 is 13.2 Å². The molecule has 1 amide bonds. The Bertz CT molecular complexity index is 344. The minimum absolute atomic E-state index is 0.309. The number of sulfone groups is 1. The van der Waals surface area contributed by atoms with E-state index in [9.17, 15) is 13.2 Å². The van der Waals surface area contributed by atoms with Crippen LogP contribution in [-0.2, 0) is 14.6 Å². The minimum Gasteiger partial charge on any atom is -0.348 e. The van der Waals surface area contributed by atoms with Crippen LogP contribution in [0.1, 0.15) is 20.3 Å². The van der Waals surface area contributed by atoms with Crippen LogP contribution < -0.4 is 10.6 Å². The highest BCUT2D eigenvalue weighted by atomic mass is 32.2. The van der Waals surface area contributed by atoms with Gasteiger partial charge in [-0.25, -0.2) is 8.42 Å². The van der Waals surface area contributed by atoms with Crippen LogP contribution >= 0.6 is 0 Å². The number of hydrogen-bond acceptors (Lipinski definition) is 4. The van der Waals surface area contributed by atoms with Crippen molar-refractivity contribution in [2.24, 2.45) is 0 Å². The van der Waals surface area contributed by atoms with Crippen molar-refractivity contribution in [3.8, 4) is 0 Å². The maximum absolute atomic E-state index is 11.6. The van der Waals surface area contributed by atoms with Crippen LogP contribution in [0.3, 0.4) is 0 Å². The Kier molecular flexibility index (Phi) is 3.40. The molecule has 1 rings (SSSR count). The predicted octanol–water partition coefficient (Wildman–Crippen LogP) is -0.712. The summed E-state index contributed by atoms with van der Waals surface area (Å²) in [7, 11) is -3.30. The number of carbonyl (C=O) groups is 1. The van der Waals surface area contributed by atoms with Gasteiger partial charge in [0.1, 0.15) is 5.25 Å². The first kappa shape index (κ1) is 12.4. The lowest BCUT2D eigenvalue weighted by Gasteiger charge is -2.25. The normalized spacial score (nSPS) is 28.7. The molecule has 5 nitrogen and oxygen atoms in total. The monoisotopic (exact) mass is 234 g/mol. The summed E-state index contributed by atoms with van der Waals surface area (Å²) in [6.45, 7) is 4.87. The van der Waals surface area contributed by atoms with Gasteiger partial charge in [0.25, 0.3) is 0 Å². The third kappa shape index (κ3) is 3.17. The van der Waals surface area contributed by atoms with Gasteiger partial charge in [-0.1, -0.05) is 0 Å². The van der Waals surface area contributed by atoms with Gasteiger partial charge in [0.15, 0.2) is 9.84 Å². The van der Waals surface area contributed by atoms with Gasteiger partial charge in [-0.05, 0) is 26.8 Å². The third-order valence-electron chi connectivity index (χ3n) is 2.81. The first-order chi connectivity index (χ1) is 6.75. The fourth-order valence-corrected chi connectivity index (χ4v) is 1.96. The molecule has 1 aliphatic rings. The Morgan fingerprint density at radius 1 is 1.53 bits per heavy atom. The van der Waals surface area contributed by atoms with Crippen LogP contribution in [0.4, 0.5) is 0 Å². The van der Waals surface area contributed by atoms with Crippen molar-refractivity contribution in [2.75, 3.05) is 19.3 Å². The summed E-state index contributed by atoms with van der Waals surface area (Å²) >= 11 is 0. The van der Waals surface area contributed by atoms with Crippen LogP contribution in [0.15, 0.2) is 0 Å². The van der Waals surface area contributed by atoms with E-state index >= 15 is 0 Å². The van der Waals surface area contributed by atoms with Gasteiger partial charge >= 0.3 is 0 Å². The van der Waals surface area contributed by atoms with E-state index in [4.69, 9.17) is 0 Å². The van der Waals surface area contributed by atoms with E-state index in [1.807, 2.05) is 6.92 Å². The first-order valence-corrected chi connectivity index (χ1v) is 6.92. The Hall–Kier alpha value is -0.620. The Morgan fingerprint density at radius 3 is 2.53 bits per heavy atom. The maximum Gasteiger partial charge on any atom is 0.238 e. The second-order valence-corrected chi connectivity index (χ2v) is 6.81. The van der Waals surface area contributed by atoms with Gasteiger partial charge < -0.3 is 10.6 Å². The molecule has 0 radical (unpaired) electrons. The summed E-state index contributed by atoms with van der Waals surface area (Å²) in [5.41, 5.74) is -0.309. The molecule has 0 aromatic heterocycles. The van der Waals surface area contributed by atoms with Crippen LogP contribution in [0.25, 0.3) is 0 Å². The summed E-state index contributed by atoms with van der Waals surface area (Å²) < 4.78 is 22.3. The summed E-state index contributed by atoms with van der Waals surface area (Å²) in [4.78, 5) is 11.6. The number of nitrogens with one attached hydrogen (secondary N) is 2. The Labute approximate surface area is 90.5 Å². The van der Waals surface area contributed by atoms with Crippen molar-refractivity contribution in [1.82, 2.24) is 10.6 Å². The molecule has 0 aliphatic carbocycles. The molecule has 2 atom stereocenters. The Morgan fingerprint density at radius 2 is 2.13 bits per heavy atom. The maximum atomic E-state index is 11.6. The molecule has 1 fully saturated rings. The fourth-order valence-electron chi connectivity index (χ4n) is 1.52. The first-order valence-electron chi connectivity index (χ1n) is 4.96. The average Bonchev–Trinajstić information content (AvgIpc) is 2.48. The number of rotatable bonds is 3. The van der Waals surface area contributed by atoms with Crippen molar-refractivity contribution in [3.63, 3.8) is 0 Å². The summed E-state index contributed by atoms with van der Waals surface area (Å²) in [5, 5.41) is 4.94. The molecule has 2 N–H and O–H groups in total. The molecule has 1 heterocycles. The second kappa shape index (κ2) is 4.09. The molecule has 0 saturated carbocycles. The second-order valence-electron chi connectivity index (χ2n) is 4.45. The molecule has 88 valence electrons. The molecule has 6 heteroatoms. The molecular weight excluding hydrogens is 216 g/mol. The van der Waals surface area contributed by atoms with Crippen molar-refractivity contribution in [2.45, 2.75) is 31.1 Å². The van der Waals surface area contributed by atoms with E-state index in [0.29, 0.717) is 6.54 Å². The molecular formula is C9H18N2O3S. The SMILES string of the molecule is CC(C(=O)NC1(C)CCNC1)S(C)(=O)=O. The van der Waals surface area contributed by atoms with Crippen molar-refractivity contribution >= 4 is 15.7 Å². The molecule has 15 heavy (non-hydrogen) atoms. The molecule has 0 aromatic rings. The fraction of sp³-hybridized carbons (Fsp3) is 0.889. The van der Waals surface area contributed by atoms with Gasteiger partial charge in [0.05, 0.1) is 5.54 Å². The summed E-state index contributed by atoms with van der Waals surface area (Å²) in [6, 6.07) is 0. The third-order valence-corrected chi connectivity index (χ3v) is 4.30. The van der Waals surface area contributed by atoms with Gasteiger partial charge in [0, 0.05) is 12.8 Å². The molecule has 0 bridgehead atoms. The smallest absolute Gasteiger partial charge is 0.238 e. The standard InChI is InChI=1S/C9H18N2O3S/c1-7(15(3,13)14)8(12)11-9(2)4-5-10-6-9/h7,10H,4-6H2,1-3H3,(H,11,12). The van der Waals surface area contributed by atoms with Gasteiger partial charge in [-0.15, -0.1) is 0 Å². The van der Waals surface area contributed by atoms with E-state index < -0.39 is 21.0 Å². The van der Waals surface area contributed by atoms with Crippen LogP contribution in [0, 0.1) is 0 Å². The molecule has 1 aliphatic heterocycles. The van der Waals surface area contributed by atoms with Gasteiger partial charge in [0.2, 0.25) is 5.91 Å². The zero-order valence-corrected chi connectivity index (χ0v) is 10.1. The van der Waals surface area contributed by atoms with Crippen molar-refractivity contribution in [1.29, 1.82) is 0 Å². The van der Waals surface area contributed by atoms with E-state index in [1.165, 1.54) is 6.92 Å². The van der Waals surface area contributed by atoms with E-state index in [-0.39, 0.29) is 5.54 Å². The minimum atomic E-state index is -3.30. The quantitative estimate of drug-likeness (QED) is 0.676. The van der Waals surface area contributed by atoms with Crippen LogP contribution in [0.2, 0.25) is 0 Å². The molecule has 1 saturated heterocycles. The zero-order valence-electron chi connectivity index (χ0n) is 9.33. The lowest BCUT2D eigenvalue weighted by atomic mass is 10.0. The zero-order chi connectivity index (χ0) is 11.7. The van der Waals surface area contributed by atoms with Gasteiger partial charge in [-0.2, -0.15) is 0 Å². The highest BCUT2D eigenvalue weighted by Gasteiger charge is 2.33. The topological polar surface area (TPSA) is 75.3 Å². The van der Waals surface area contributed by atoms with E-state index in [1.54, 1.807) is 0 Å². The highest BCUT2D eigenvalue weighted by Crippen LogP contribution is 2.14. The van der Waals surface area contributed by atoms with Crippen LogP contribution in [0.5, 0.6) is 0 Å². The lowest BCUT2D eigenvalue weighted by Crippen LogP contribution is -2.51. The number of hydrogen-bond donors (Lipinski definition) is 2. The molecule has 0 spiro atoms. The van der Waals surface area contributed by atoms with E-state index in [0.717, 1.165) is 19.2 Å².